The molecule has 0 atom stereocenters. The van der Waals surface area contributed by atoms with Gasteiger partial charge in [-0.15, -0.1) is 5.11 Å². The van der Waals surface area contributed by atoms with Gasteiger partial charge in [0.05, 0.1) is 0 Å². The topological polar surface area (TPSA) is 36.8 Å². The second kappa shape index (κ2) is 2.42. The summed E-state index contributed by atoms with van der Waals surface area (Å²) < 4.78 is -1.14. The lowest BCUT2D eigenvalue weighted by Gasteiger charge is -2.21. The van der Waals surface area contributed by atoms with Crippen molar-refractivity contribution in [3.63, 3.8) is 0 Å². The fourth-order valence-electron chi connectivity index (χ4n) is 0.281. The maximum absolute atomic E-state index is 3.77. The number of hydrogen-bond donors (Lipinski definition) is 1. The van der Waals surface area contributed by atoms with Crippen molar-refractivity contribution in [2.45, 2.75) is 6.71 Å². The summed E-state index contributed by atoms with van der Waals surface area (Å²) in [6.45, 7) is 0. The van der Waals surface area contributed by atoms with Crippen molar-refractivity contribution in [2.75, 3.05) is 0 Å². The Morgan fingerprint density at radius 1 is 1.11 bits per heavy atom. The third kappa shape index (κ3) is 1.49. The van der Waals surface area contributed by atoms with Crippen LogP contribution in [0, 0.1) is 0 Å². The minimum atomic E-state index is -0.604. The number of alkyl halides is 4. The van der Waals surface area contributed by atoms with E-state index in [1.165, 1.54) is 0 Å². The Labute approximate surface area is 85.5 Å². The molecule has 0 saturated carbocycles. The Morgan fingerprint density at radius 2 is 1.67 bits per heavy atom. The number of nitrogens with zero attached hydrogens (tertiary/aromatic N) is 2. The average molecular weight is 387 g/mol. The number of halogens is 4. The van der Waals surface area contributed by atoms with Gasteiger partial charge in [-0.1, -0.05) is 5.22 Å². The van der Waals surface area contributed by atoms with E-state index in [4.69, 9.17) is 0 Å². The first kappa shape index (κ1) is 8.42. The van der Waals surface area contributed by atoms with E-state index in [0.717, 1.165) is 0 Å². The summed E-state index contributed by atoms with van der Waals surface area (Å²) in [7, 11) is 0. The zero-order valence-electron chi connectivity index (χ0n) is 3.91. The molecule has 1 heterocycles. The maximum atomic E-state index is 3.77. The van der Waals surface area contributed by atoms with Gasteiger partial charge in [0.15, 0.2) is 0 Å². The zero-order valence-corrected chi connectivity index (χ0v) is 10.3. The molecule has 0 aromatic rings. The van der Waals surface area contributed by atoms with E-state index < -0.39 is 6.71 Å². The number of hydrogen-bond acceptors (Lipinski definition) is 3. The van der Waals surface area contributed by atoms with Crippen LogP contribution in [0.4, 0.5) is 0 Å². The first-order valence-corrected chi connectivity index (χ1v) is 5.08. The first-order chi connectivity index (χ1) is 3.96. The van der Waals surface area contributed by atoms with Gasteiger partial charge in [0.25, 0.3) is 0 Å². The van der Waals surface area contributed by atoms with Crippen LogP contribution in [0.5, 0.6) is 0 Å². The molecule has 0 amide bonds. The van der Waals surface area contributed by atoms with Gasteiger partial charge in [0.2, 0.25) is 6.71 Å². The molecule has 0 aromatic carbocycles. The predicted molar refractivity (Wildman–Crippen MR) is 49.2 cm³/mol. The van der Waals surface area contributed by atoms with Gasteiger partial charge in [0.1, 0.15) is 0 Å². The van der Waals surface area contributed by atoms with E-state index in [0.29, 0.717) is 0 Å². The molecule has 0 aliphatic carbocycles. The number of nitrogens with one attached hydrogen (secondary N) is 1. The van der Waals surface area contributed by atoms with Crippen molar-refractivity contribution < 1.29 is 0 Å². The standard InChI is InChI=1S/C2HBr4N3/c3-1(4)2(5,6)8-9-7-1/h(H,7,8). The molecule has 3 nitrogen and oxygen atoms in total. The highest BCUT2D eigenvalue weighted by atomic mass is 79.9. The van der Waals surface area contributed by atoms with Crippen LogP contribution >= 0.6 is 63.7 Å². The van der Waals surface area contributed by atoms with Gasteiger partial charge in [-0.2, -0.15) is 0 Å². The molecule has 52 valence electrons. The lowest BCUT2D eigenvalue weighted by atomic mass is 10.7. The second-order valence-corrected chi connectivity index (χ2v) is 8.23. The molecule has 0 spiro atoms. The summed E-state index contributed by atoms with van der Waals surface area (Å²) in [4.78, 5) is 0. The molecule has 1 aliphatic rings. The molecule has 0 unspecified atom stereocenters. The van der Waals surface area contributed by atoms with Crippen molar-refractivity contribution in [1.29, 1.82) is 0 Å². The van der Waals surface area contributed by atoms with Crippen LogP contribution in [0.2, 0.25) is 0 Å². The highest BCUT2D eigenvalue weighted by Gasteiger charge is 2.49. The van der Waals surface area contributed by atoms with Crippen molar-refractivity contribution in [3.05, 3.63) is 0 Å². The molecule has 0 saturated heterocycles. The quantitative estimate of drug-likeness (QED) is 0.504. The van der Waals surface area contributed by atoms with E-state index in [9.17, 15) is 0 Å². The Bertz CT molecular complexity index is 152. The minimum absolute atomic E-state index is 0.535. The molecule has 1 N–H and O–H groups in total. The van der Waals surface area contributed by atoms with Crippen molar-refractivity contribution in [1.82, 2.24) is 5.43 Å². The molecule has 0 bridgehead atoms. The van der Waals surface area contributed by atoms with Crippen LogP contribution < -0.4 is 5.43 Å². The molecule has 0 aromatic heterocycles. The van der Waals surface area contributed by atoms with E-state index in [2.05, 4.69) is 79.5 Å². The molecular formula is C2HBr4N3. The summed E-state index contributed by atoms with van der Waals surface area (Å²) >= 11 is 13.1. The van der Waals surface area contributed by atoms with E-state index >= 15 is 0 Å². The second-order valence-electron chi connectivity index (χ2n) is 1.43. The summed E-state index contributed by atoms with van der Waals surface area (Å²) in [5, 5.41) is 7.35. The zero-order chi connectivity index (χ0) is 7.12. The first-order valence-electron chi connectivity index (χ1n) is 1.90. The van der Waals surface area contributed by atoms with Crippen LogP contribution in [0.25, 0.3) is 0 Å². The normalized spacial score (nSPS) is 28.0. The van der Waals surface area contributed by atoms with Crippen molar-refractivity contribution in [3.8, 4) is 0 Å². The molecule has 0 fully saturated rings. The minimum Gasteiger partial charge on any atom is -0.260 e. The molecule has 7 heteroatoms. The third-order valence-electron chi connectivity index (χ3n) is 0.744. The van der Waals surface area contributed by atoms with Crippen LogP contribution in [-0.4, -0.2) is 6.71 Å². The third-order valence-corrected chi connectivity index (χ3v) is 5.88. The predicted octanol–water partition coefficient (Wildman–Crippen LogP) is 2.84. The van der Waals surface area contributed by atoms with Crippen molar-refractivity contribution in [2.24, 2.45) is 10.3 Å². The summed E-state index contributed by atoms with van der Waals surface area (Å²) in [6, 6.07) is 0. The molecule has 1 rings (SSSR count). The van der Waals surface area contributed by atoms with Gasteiger partial charge in [0, 0.05) is 0 Å². The Kier molecular flexibility index (Phi) is 2.27. The Balaban J connectivity index is 2.84. The average Bonchev–Trinajstić information content (AvgIpc) is 1.81. The van der Waals surface area contributed by atoms with E-state index in [-0.39, 0.29) is 0 Å². The lowest BCUT2D eigenvalue weighted by molar-refractivity contribution is 0.733. The van der Waals surface area contributed by atoms with Crippen LogP contribution in [-0.2, 0) is 0 Å². The molecule has 0 radical (unpaired) electrons. The molecular weight excluding hydrogens is 386 g/mol. The monoisotopic (exact) mass is 383 g/mol. The van der Waals surface area contributed by atoms with E-state index in [1.54, 1.807) is 0 Å². The summed E-state index contributed by atoms with van der Waals surface area (Å²) in [5.41, 5.74) is 2.68. The Hall–Kier alpha value is 1.32. The van der Waals surface area contributed by atoms with Gasteiger partial charge in [-0.05, 0) is 63.7 Å². The van der Waals surface area contributed by atoms with Gasteiger partial charge < -0.3 is 0 Å². The lowest BCUT2D eigenvalue weighted by Crippen LogP contribution is -2.37. The van der Waals surface area contributed by atoms with Crippen LogP contribution in [0.1, 0.15) is 0 Å². The van der Waals surface area contributed by atoms with Crippen LogP contribution in [0.3, 0.4) is 0 Å². The largest absolute Gasteiger partial charge is 0.260 e. The highest BCUT2D eigenvalue weighted by Crippen LogP contribution is 2.50. The van der Waals surface area contributed by atoms with Gasteiger partial charge >= 0.3 is 0 Å². The smallest absolute Gasteiger partial charge is 0.236 e. The summed E-state index contributed by atoms with van der Waals surface area (Å²) in [5.74, 6) is 0. The molecule has 1 aliphatic heterocycles. The van der Waals surface area contributed by atoms with E-state index in [1.807, 2.05) is 0 Å². The SMILES string of the molecule is BrC1(Br)N=NNC1(Br)Br. The fourth-order valence-corrected chi connectivity index (χ4v) is 0.934. The highest BCUT2D eigenvalue weighted by molar-refractivity contribution is 9.30. The van der Waals surface area contributed by atoms with Crippen LogP contribution in [0.15, 0.2) is 10.3 Å². The summed E-state index contributed by atoms with van der Waals surface area (Å²) in [6.07, 6.45) is 0. The maximum Gasteiger partial charge on any atom is 0.236 e. The van der Waals surface area contributed by atoms with Crippen molar-refractivity contribution >= 4 is 63.7 Å². The number of rotatable bonds is 0. The fraction of sp³-hybridized carbons (Fsp3) is 1.00. The van der Waals surface area contributed by atoms with Gasteiger partial charge in [-0.3, -0.25) is 5.43 Å². The molecule has 9 heavy (non-hydrogen) atoms. The Morgan fingerprint density at radius 3 is 1.78 bits per heavy atom. The van der Waals surface area contributed by atoms with Gasteiger partial charge in [-0.25, -0.2) is 0 Å².